The van der Waals surface area contributed by atoms with Gasteiger partial charge in [0.2, 0.25) is 0 Å². The van der Waals surface area contributed by atoms with Gasteiger partial charge in [0.1, 0.15) is 11.5 Å². The minimum Gasteiger partial charge on any atom is -0.371 e. The van der Waals surface area contributed by atoms with Crippen molar-refractivity contribution in [1.82, 2.24) is 0 Å². The molecule has 0 amide bonds. The lowest BCUT2D eigenvalue weighted by molar-refractivity contribution is 0.361. The zero-order valence-corrected chi connectivity index (χ0v) is 11.8. The summed E-state index contributed by atoms with van der Waals surface area (Å²) in [4.78, 5) is 1.64. The normalized spacial score (nSPS) is 18.7. The van der Waals surface area contributed by atoms with Crippen LogP contribution >= 0.6 is 24.4 Å². The summed E-state index contributed by atoms with van der Waals surface area (Å²) in [5.41, 5.74) is 0. The maximum atomic E-state index is 11.6. The van der Waals surface area contributed by atoms with Crippen LogP contribution in [0.5, 0.6) is 0 Å². The van der Waals surface area contributed by atoms with Crippen molar-refractivity contribution in [1.29, 1.82) is 0 Å². The lowest BCUT2D eigenvalue weighted by Gasteiger charge is -2.11. The zero-order valence-electron chi connectivity index (χ0n) is 9.33. The molecule has 0 fully saturated rings. The molecule has 0 aromatic heterocycles. The van der Waals surface area contributed by atoms with Crippen molar-refractivity contribution in [2.24, 2.45) is 0 Å². The van der Waals surface area contributed by atoms with E-state index in [1.165, 1.54) is 0 Å². The van der Waals surface area contributed by atoms with Gasteiger partial charge in [0.25, 0.3) is 0 Å². The fourth-order valence-corrected chi connectivity index (χ4v) is 2.22. The van der Waals surface area contributed by atoms with E-state index in [4.69, 9.17) is 32.8 Å². The van der Waals surface area contributed by atoms with Crippen LogP contribution < -0.4 is 0 Å². The Morgan fingerprint density at radius 2 is 1.33 bits per heavy atom. The van der Waals surface area contributed by atoms with Crippen LogP contribution in [0.25, 0.3) is 0 Å². The Labute approximate surface area is 119 Å². The highest BCUT2D eigenvalue weighted by atomic mass is 32.2. The van der Waals surface area contributed by atoms with E-state index in [2.05, 4.69) is 0 Å². The first-order chi connectivity index (χ1) is 8.63. The van der Waals surface area contributed by atoms with Gasteiger partial charge < -0.3 is 8.37 Å². The van der Waals surface area contributed by atoms with Crippen molar-refractivity contribution in [2.75, 3.05) is 0 Å². The van der Waals surface area contributed by atoms with Gasteiger partial charge in [0.15, 0.2) is 0 Å². The number of hydrogen-bond donors (Lipinski definition) is 0. The van der Waals surface area contributed by atoms with Crippen LogP contribution in [0.1, 0.15) is 12.8 Å². The van der Waals surface area contributed by atoms with E-state index in [0.29, 0.717) is 24.4 Å². The lowest BCUT2D eigenvalue weighted by Crippen LogP contribution is -2.05. The summed E-state index contributed by atoms with van der Waals surface area (Å²) in [5.74, 6) is 0.996. The van der Waals surface area contributed by atoms with Crippen molar-refractivity contribution < 1.29 is 12.6 Å². The van der Waals surface area contributed by atoms with Gasteiger partial charge in [-0.15, -0.1) is 0 Å². The van der Waals surface area contributed by atoms with Crippen LogP contribution in [0.2, 0.25) is 0 Å². The molecule has 0 spiro atoms. The Bertz CT molecular complexity index is 481. The molecule has 0 saturated carbocycles. The molecule has 0 radical (unpaired) electrons. The van der Waals surface area contributed by atoms with Crippen LogP contribution in [0.15, 0.2) is 48.0 Å². The fraction of sp³-hybridized carbons (Fsp3) is 0.167. The average Bonchev–Trinajstić information content (AvgIpc) is 2.35. The van der Waals surface area contributed by atoms with Crippen molar-refractivity contribution >= 4 is 45.5 Å². The van der Waals surface area contributed by atoms with Gasteiger partial charge in [-0.1, -0.05) is 24.4 Å². The van der Waals surface area contributed by atoms with E-state index in [9.17, 15) is 4.21 Å². The summed E-state index contributed by atoms with van der Waals surface area (Å²) in [5, 5.41) is 0. The van der Waals surface area contributed by atoms with Gasteiger partial charge in [-0.25, -0.2) is 0 Å². The van der Waals surface area contributed by atoms with E-state index in [1.807, 2.05) is 0 Å². The predicted molar refractivity (Wildman–Crippen MR) is 79.2 cm³/mol. The van der Waals surface area contributed by atoms with Crippen molar-refractivity contribution in [3.05, 3.63) is 48.0 Å². The molecule has 2 aliphatic rings. The molecule has 6 heteroatoms. The van der Waals surface area contributed by atoms with E-state index in [1.54, 1.807) is 36.5 Å². The summed E-state index contributed by atoms with van der Waals surface area (Å²) in [7, 11) is 0. The highest BCUT2D eigenvalue weighted by molar-refractivity contribution is 7.81. The monoisotopic (exact) mass is 298 g/mol. The molecule has 0 unspecified atom stereocenters. The molecule has 3 nitrogen and oxygen atoms in total. The van der Waals surface area contributed by atoms with Crippen LogP contribution in [0.4, 0.5) is 0 Å². The quantitative estimate of drug-likeness (QED) is 0.746. The zero-order chi connectivity index (χ0) is 13.0. The van der Waals surface area contributed by atoms with Crippen molar-refractivity contribution in [2.45, 2.75) is 12.8 Å². The molecule has 0 bridgehead atoms. The topological polar surface area (TPSA) is 35.5 Å². The third-order valence-electron chi connectivity index (χ3n) is 2.20. The standard InChI is InChI=1S/C12H10O3S3/c13-18(14-9-1-5-11(16)6-2-9)15-10-3-7-12(17)8-4-10/h1-5,7H,6,8H2. The van der Waals surface area contributed by atoms with E-state index < -0.39 is 11.4 Å². The SMILES string of the molecule is O=S(OC1=CCC(=S)C=C1)OC1=CCC(=S)C=C1. The Hall–Kier alpha value is -1.11. The van der Waals surface area contributed by atoms with Crippen LogP contribution in [0, 0.1) is 0 Å². The van der Waals surface area contributed by atoms with E-state index in [-0.39, 0.29) is 0 Å². The minimum atomic E-state index is -1.86. The Balaban J connectivity index is 1.87. The van der Waals surface area contributed by atoms with Crippen molar-refractivity contribution in [3.8, 4) is 0 Å². The summed E-state index contributed by atoms with van der Waals surface area (Å²) in [6, 6.07) is 0. The van der Waals surface area contributed by atoms with E-state index in [0.717, 1.165) is 9.73 Å². The van der Waals surface area contributed by atoms with E-state index >= 15 is 0 Å². The van der Waals surface area contributed by atoms with Gasteiger partial charge in [-0.2, -0.15) is 4.21 Å². The highest BCUT2D eigenvalue weighted by Gasteiger charge is 2.11. The molecule has 0 saturated heterocycles. The second-order valence-electron chi connectivity index (χ2n) is 3.59. The first-order valence-electron chi connectivity index (χ1n) is 5.24. The largest absolute Gasteiger partial charge is 0.417 e. The molecule has 0 atom stereocenters. The van der Waals surface area contributed by atoms with Crippen molar-refractivity contribution in [3.63, 3.8) is 0 Å². The molecule has 2 aliphatic carbocycles. The molecule has 0 aromatic rings. The van der Waals surface area contributed by atoms with Gasteiger partial charge >= 0.3 is 11.4 Å². The number of thiocarbonyl (C=S) groups is 2. The Morgan fingerprint density at radius 1 is 0.889 bits per heavy atom. The van der Waals surface area contributed by atoms with Gasteiger partial charge in [-0.3, -0.25) is 0 Å². The number of allylic oxidation sites excluding steroid dienone is 6. The second-order valence-corrected chi connectivity index (χ2v) is 5.38. The first kappa shape index (κ1) is 13.3. The van der Waals surface area contributed by atoms with Crippen LogP contribution in [-0.2, 0) is 19.7 Å². The van der Waals surface area contributed by atoms with Crippen LogP contribution in [0.3, 0.4) is 0 Å². The molecule has 18 heavy (non-hydrogen) atoms. The number of hydrogen-bond acceptors (Lipinski definition) is 5. The lowest BCUT2D eigenvalue weighted by atomic mass is 10.2. The maximum absolute atomic E-state index is 11.6. The maximum Gasteiger partial charge on any atom is 0.417 e. The molecular formula is C12H10O3S3. The molecule has 0 aromatic carbocycles. The molecular weight excluding hydrogens is 288 g/mol. The molecule has 94 valence electrons. The van der Waals surface area contributed by atoms with Crippen LogP contribution in [-0.4, -0.2) is 13.9 Å². The predicted octanol–water partition coefficient (Wildman–Crippen LogP) is 3.03. The minimum absolute atomic E-state index is 0.498. The smallest absolute Gasteiger partial charge is 0.371 e. The summed E-state index contributed by atoms with van der Waals surface area (Å²) >= 11 is 8.12. The summed E-state index contributed by atoms with van der Waals surface area (Å²) in [6.07, 6.45) is 11.6. The third kappa shape index (κ3) is 3.97. The summed E-state index contributed by atoms with van der Waals surface area (Å²) < 4.78 is 21.8. The molecule has 0 heterocycles. The van der Waals surface area contributed by atoms with Gasteiger partial charge in [0, 0.05) is 22.6 Å². The first-order valence-corrected chi connectivity index (χ1v) is 7.06. The highest BCUT2D eigenvalue weighted by Crippen LogP contribution is 2.16. The molecule has 2 rings (SSSR count). The Kier molecular flexibility index (Phi) is 4.57. The average molecular weight is 298 g/mol. The van der Waals surface area contributed by atoms with Gasteiger partial charge in [-0.05, 0) is 36.5 Å². The molecule has 0 aliphatic heterocycles. The summed E-state index contributed by atoms with van der Waals surface area (Å²) in [6.45, 7) is 0. The third-order valence-corrected chi connectivity index (χ3v) is 3.47. The Morgan fingerprint density at radius 3 is 1.67 bits per heavy atom. The fourth-order valence-electron chi connectivity index (χ4n) is 1.32. The van der Waals surface area contributed by atoms with Gasteiger partial charge in [0.05, 0.1) is 0 Å². The number of rotatable bonds is 4. The molecule has 0 N–H and O–H groups in total. The second kappa shape index (κ2) is 6.17.